The Kier molecular flexibility index (Phi) is 4.41. The van der Waals surface area contributed by atoms with Crippen molar-refractivity contribution < 1.29 is 22.0 Å². The number of sulfonamides is 1. The fourth-order valence-electron chi connectivity index (χ4n) is 1.75. The summed E-state index contributed by atoms with van der Waals surface area (Å²) in [6.45, 7) is 0. The molecule has 5 nitrogen and oxygen atoms in total. The lowest BCUT2D eigenvalue weighted by Gasteiger charge is -2.09. The Morgan fingerprint density at radius 3 is 2.36 bits per heavy atom. The molecule has 0 radical (unpaired) electrons. The molecule has 0 heterocycles. The number of carbonyl (C=O) groups excluding carboxylic acids is 1. The molecule has 0 aliphatic rings. The third-order valence-corrected chi connectivity index (χ3v) is 3.21. The fourth-order valence-corrected chi connectivity index (χ4v) is 2.30. The van der Waals surface area contributed by atoms with Gasteiger partial charge < -0.3 is 5.32 Å². The molecule has 0 atom stereocenters. The molecule has 0 fully saturated rings. The number of hydrogen-bond acceptors (Lipinski definition) is 3. The normalized spacial score (nSPS) is 11.0. The van der Waals surface area contributed by atoms with Gasteiger partial charge in [-0.25, -0.2) is 17.2 Å². The van der Waals surface area contributed by atoms with E-state index < -0.39 is 27.6 Å². The minimum Gasteiger partial charge on any atom is -0.322 e. The molecule has 0 bridgehead atoms. The van der Waals surface area contributed by atoms with E-state index in [9.17, 15) is 22.0 Å². The van der Waals surface area contributed by atoms with E-state index in [1.807, 2.05) is 0 Å². The molecule has 116 valence electrons. The van der Waals surface area contributed by atoms with Gasteiger partial charge in [0.1, 0.15) is 11.6 Å². The van der Waals surface area contributed by atoms with Crippen molar-refractivity contribution in [1.29, 1.82) is 0 Å². The van der Waals surface area contributed by atoms with Gasteiger partial charge in [-0.1, -0.05) is 6.07 Å². The Balaban J connectivity index is 2.20. The quantitative estimate of drug-likeness (QED) is 0.907. The SMILES string of the molecule is CS(=O)(=O)Nc1cccc(NC(=O)c2ccc(F)cc2F)c1. The first-order chi connectivity index (χ1) is 10.2. The molecule has 2 aromatic rings. The van der Waals surface area contributed by atoms with Gasteiger partial charge in [0.25, 0.3) is 5.91 Å². The van der Waals surface area contributed by atoms with E-state index in [4.69, 9.17) is 0 Å². The van der Waals surface area contributed by atoms with Crippen molar-refractivity contribution in [1.82, 2.24) is 0 Å². The second-order valence-corrected chi connectivity index (χ2v) is 6.28. The van der Waals surface area contributed by atoms with E-state index >= 15 is 0 Å². The molecule has 8 heteroatoms. The molecule has 2 N–H and O–H groups in total. The fraction of sp³-hybridized carbons (Fsp3) is 0.0714. The largest absolute Gasteiger partial charge is 0.322 e. The summed E-state index contributed by atoms with van der Waals surface area (Å²) in [7, 11) is -3.45. The number of rotatable bonds is 4. The Morgan fingerprint density at radius 2 is 1.73 bits per heavy atom. The first-order valence-corrected chi connectivity index (χ1v) is 7.98. The third kappa shape index (κ3) is 4.26. The van der Waals surface area contributed by atoms with Gasteiger partial charge in [-0.15, -0.1) is 0 Å². The van der Waals surface area contributed by atoms with Crippen LogP contribution in [0.2, 0.25) is 0 Å². The van der Waals surface area contributed by atoms with Crippen molar-refractivity contribution in [2.45, 2.75) is 0 Å². The highest BCUT2D eigenvalue weighted by molar-refractivity contribution is 7.92. The summed E-state index contributed by atoms with van der Waals surface area (Å²) in [5.74, 6) is -2.54. The highest BCUT2D eigenvalue weighted by atomic mass is 32.2. The van der Waals surface area contributed by atoms with Gasteiger partial charge >= 0.3 is 0 Å². The number of amides is 1. The molecule has 0 spiro atoms. The van der Waals surface area contributed by atoms with E-state index in [2.05, 4.69) is 10.0 Å². The molecule has 0 aliphatic carbocycles. The van der Waals surface area contributed by atoms with Crippen LogP contribution in [0, 0.1) is 11.6 Å². The van der Waals surface area contributed by atoms with Gasteiger partial charge in [-0.3, -0.25) is 9.52 Å². The van der Waals surface area contributed by atoms with Gasteiger partial charge in [0.2, 0.25) is 10.0 Å². The van der Waals surface area contributed by atoms with Crippen LogP contribution in [-0.4, -0.2) is 20.6 Å². The maximum atomic E-state index is 13.5. The van der Waals surface area contributed by atoms with Crippen molar-refractivity contribution in [3.8, 4) is 0 Å². The molecule has 0 unspecified atom stereocenters. The van der Waals surface area contributed by atoms with Crippen molar-refractivity contribution in [3.05, 3.63) is 59.7 Å². The molecule has 0 aromatic heterocycles. The van der Waals surface area contributed by atoms with Gasteiger partial charge in [-0.05, 0) is 30.3 Å². The molecule has 22 heavy (non-hydrogen) atoms. The van der Waals surface area contributed by atoms with Crippen LogP contribution in [0.15, 0.2) is 42.5 Å². The van der Waals surface area contributed by atoms with Gasteiger partial charge in [0.15, 0.2) is 0 Å². The number of hydrogen-bond donors (Lipinski definition) is 2. The van der Waals surface area contributed by atoms with Crippen LogP contribution in [0.3, 0.4) is 0 Å². The van der Waals surface area contributed by atoms with Crippen LogP contribution in [0.4, 0.5) is 20.2 Å². The minimum absolute atomic E-state index is 0.250. The summed E-state index contributed by atoms with van der Waals surface area (Å²) in [5.41, 5.74) is 0.199. The van der Waals surface area contributed by atoms with E-state index in [0.717, 1.165) is 18.4 Å². The number of halogens is 2. The average Bonchev–Trinajstić information content (AvgIpc) is 2.36. The average molecular weight is 326 g/mol. The maximum absolute atomic E-state index is 13.5. The highest BCUT2D eigenvalue weighted by Gasteiger charge is 2.13. The Morgan fingerprint density at radius 1 is 1.05 bits per heavy atom. The Labute approximate surface area is 126 Å². The number of benzene rings is 2. The summed E-state index contributed by atoms with van der Waals surface area (Å²) in [4.78, 5) is 11.9. The lowest BCUT2D eigenvalue weighted by atomic mass is 10.2. The topological polar surface area (TPSA) is 75.3 Å². The zero-order valence-electron chi connectivity index (χ0n) is 11.4. The predicted octanol–water partition coefficient (Wildman–Crippen LogP) is 2.59. The zero-order valence-corrected chi connectivity index (χ0v) is 12.2. The third-order valence-electron chi connectivity index (χ3n) is 2.60. The van der Waals surface area contributed by atoms with E-state index in [1.54, 1.807) is 0 Å². The number of carbonyl (C=O) groups is 1. The first-order valence-electron chi connectivity index (χ1n) is 6.09. The van der Waals surface area contributed by atoms with Crippen molar-refractivity contribution in [2.75, 3.05) is 16.3 Å². The monoisotopic (exact) mass is 326 g/mol. The summed E-state index contributed by atoms with van der Waals surface area (Å²) < 4.78 is 50.9. The maximum Gasteiger partial charge on any atom is 0.258 e. The van der Waals surface area contributed by atoms with Gasteiger partial charge in [0.05, 0.1) is 17.5 Å². The second kappa shape index (κ2) is 6.10. The Hall–Kier alpha value is -2.48. The molecule has 0 saturated carbocycles. The smallest absolute Gasteiger partial charge is 0.258 e. The van der Waals surface area contributed by atoms with Crippen molar-refractivity contribution in [2.24, 2.45) is 0 Å². The van der Waals surface area contributed by atoms with Crippen LogP contribution in [-0.2, 0) is 10.0 Å². The lowest BCUT2D eigenvalue weighted by Crippen LogP contribution is -2.14. The van der Waals surface area contributed by atoms with Crippen molar-refractivity contribution >= 4 is 27.3 Å². The molecule has 2 rings (SSSR count). The molecule has 0 saturated heterocycles. The minimum atomic E-state index is -3.45. The molecular weight excluding hydrogens is 314 g/mol. The van der Waals surface area contributed by atoms with E-state index in [1.165, 1.54) is 24.3 Å². The van der Waals surface area contributed by atoms with E-state index in [-0.39, 0.29) is 16.9 Å². The summed E-state index contributed by atoms with van der Waals surface area (Å²) in [5, 5.41) is 2.41. The van der Waals surface area contributed by atoms with Crippen molar-refractivity contribution in [3.63, 3.8) is 0 Å². The molecular formula is C14H12F2N2O3S. The zero-order chi connectivity index (χ0) is 16.3. The Bertz CT molecular complexity index is 823. The van der Waals surface area contributed by atoms with E-state index in [0.29, 0.717) is 6.07 Å². The number of anilines is 2. The van der Waals surface area contributed by atoms with Crippen LogP contribution >= 0.6 is 0 Å². The highest BCUT2D eigenvalue weighted by Crippen LogP contribution is 2.18. The lowest BCUT2D eigenvalue weighted by molar-refractivity contribution is 0.102. The van der Waals surface area contributed by atoms with Crippen LogP contribution < -0.4 is 10.0 Å². The van der Waals surface area contributed by atoms with Crippen LogP contribution in [0.5, 0.6) is 0 Å². The second-order valence-electron chi connectivity index (χ2n) is 4.53. The summed E-state index contributed by atoms with van der Waals surface area (Å²) >= 11 is 0. The standard InChI is InChI=1S/C14H12F2N2O3S/c1-22(20,21)18-11-4-2-3-10(8-11)17-14(19)12-6-5-9(15)7-13(12)16/h2-8,18H,1H3,(H,17,19). The summed E-state index contributed by atoms with van der Waals surface area (Å²) in [6, 6.07) is 8.50. The molecule has 1 amide bonds. The number of nitrogens with one attached hydrogen (secondary N) is 2. The summed E-state index contributed by atoms with van der Waals surface area (Å²) in [6.07, 6.45) is 0.992. The molecule has 0 aliphatic heterocycles. The first kappa shape index (κ1) is 15.9. The van der Waals surface area contributed by atoms with Crippen LogP contribution in [0.1, 0.15) is 10.4 Å². The van der Waals surface area contributed by atoms with Gasteiger partial charge in [-0.2, -0.15) is 0 Å². The molecule has 2 aromatic carbocycles. The van der Waals surface area contributed by atoms with Crippen LogP contribution in [0.25, 0.3) is 0 Å². The van der Waals surface area contributed by atoms with Gasteiger partial charge in [0, 0.05) is 11.8 Å². The predicted molar refractivity (Wildman–Crippen MR) is 79.2 cm³/mol.